The highest BCUT2D eigenvalue weighted by molar-refractivity contribution is 7.26. The van der Waals surface area contributed by atoms with Gasteiger partial charge in [0.2, 0.25) is 0 Å². The maximum atomic E-state index is 2.45. The van der Waals surface area contributed by atoms with E-state index >= 15 is 0 Å². The lowest BCUT2D eigenvalue weighted by Gasteiger charge is -2.09. The molecule has 0 aliphatic heterocycles. The molecule has 21 heavy (non-hydrogen) atoms. The summed E-state index contributed by atoms with van der Waals surface area (Å²) in [4.78, 5) is 0. The number of thiophene rings is 1. The van der Waals surface area contributed by atoms with Crippen LogP contribution in [0.25, 0.3) is 20.2 Å². The van der Waals surface area contributed by atoms with E-state index in [2.05, 4.69) is 73.0 Å². The highest BCUT2D eigenvalue weighted by atomic mass is 32.1. The van der Waals surface area contributed by atoms with Crippen molar-refractivity contribution in [2.75, 3.05) is 0 Å². The summed E-state index contributed by atoms with van der Waals surface area (Å²) in [7, 11) is 0. The molecule has 0 amide bonds. The number of nitrogens with zero attached hydrogens (tertiary/aromatic N) is 1. The van der Waals surface area contributed by atoms with Crippen LogP contribution in [0.3, 0.4) is 0 Å². The summed E-state index contributed by atoms with van der Waals surface area (Å²) in [5.41, 5.74) is 4.12. The van der Waals surface area contributed by atoms with Gasteiger partial charge >= 0.3 is 0 Å². The number of hydrogen-bond donors (Lipinski definition) is 0. The third-order valence-electron chi connectivity index (χ3n) is 4.28. The average molecular weight is 291 g/mol. The van der Waals surface area contributed by atoms with Crippen LogP contribution in [0.4, 0.5) is 0 Å². The molecule has 0 N–H and O–H groups in total. The molecule has 4 rings (SSSR count). The predicted molar refractivity (Wildman–Crippen MR) is 92.3 cm³/mol. The van der Waals surface area contributed by atoms with Crippen molar-refractivity contribution in [1.29, 1.82) is 0 Å². The Hall–Kier alpha value is -2.06. The number of benzene rings is 2. The summed E-state index contributed by atoms with van der Waals surface area (Å²) >= 11 is 1.91. The fraction of sp³-hybridized carbons (Fsp3) is 0.158. The number of aromatic nitrogens is 1. The van der Waals surface area contributed by atoms with Crippen molar-refractivity contribution in [2.45, 2.75) is 20.4 Å². The van der Waals surface area contributed by atoms with Gasteiger partial charge in [0.25, 0.3) is 0 Å². The minimum atomic E-state index is 0.953. The second-order valence-electron chi connectivity index (χ2n) is 5.54. The standard InChI is InChI=1S/C19H17NS/c1-13-18-16-10-6-7-11-17(16)21-19(18)14(2)20(13)12-15-8-4-3-5-9-15/h3-11H,12H2,1-2H3. The molecule has 4 aromatic rings. The second-order valence-corrected chi connectivity index (χ2v) is 6.60. The van der Waals surface area contributed by atoms with Gasteiger partial charge in [-0.05, 0) is 25.5 Å². The van der Waals surface area contributed by atoms with E-state index in [-0.39, 0.29) is 0 Å². The van der Waals surface area contributed by atoms with Crippen LogP contribution < -0.4 is 0 Å². The molecule has 2 aromatic carbocycles. The quantitative estimate of drug-likeness (QED) is 0.458. The van der Waals surface area contributed by atoms with Crippen LogP contribution in [-0.2, 0) is 6.54 Å². The summed E-state index contributed by atoms with van der Waals surface area (Å²) in [5, 5.41) is 2.83. The van der Waals surface area contributed by atoms with E-state index in [0.717, 1.165) is 6.54 Å². The fourth-order valence-corrected chi connectivity index (χ4v) is 4.44. The van der Waals surface area contributed by atoms with Gasteiger partial charge in [0.1, 0.15) is 0 Å². The molecule has 0 atom stereocenters. The van der Waals surface area contributed by atoms with Gasteiger partial charge in [0.15, 0.2) is 0 Å². The first-order chi connectivity index (χ1) is 10.3. The van der Waals surface area contributed by atoms with E-state index in [1.54, 1.807) is 0 Å². The van der Waals surface area contributed by atoms with E-state index < -0.39 is 0 Å². The van der Waals surface area contributed by atoms with Crippen molar-refractivity contribution < 1.29 is 0 Å². The summed E-state index contributed by atoms with van der Waals surface area (Å²) in [5.74, 6) is 0. The molecule has 2 heterocycles. The third kappa shape index (κ3) is 1.90. The average Bonchev–Trinajstić information content (AvgIpc) is 3.00. The lowest BCUT2D eigenvalue weighted by atomic mass is 10.2. The lowest BCUT2D eigenvalue weighted by Crippen LogP contribution is -2.03. The fourth-order valence-electron chi connectivity index (χ4n) is 3.17. The molecule has 0 saturated heterocycles. The van der Waals surface area contributed by atoms with E-state index in [4.69, 9.17) is 0 Å². The van der Waals surface area contributed by atoms with Crippen molar-refractivity contribution in [2.24, 2.45) is 0 Å². The highest BCUT2D eigenvalue weighted by Crippen LogP contribution is 2.39. The normalized spacial score (nSPS) is 11.5. The van der Waals surface area contributed by atoms with Crippen LogP contribution in [0.2, 0.25) is 0 Å². The van der Waals surface area contributed by atoms with Crippen LogP contribution in [0.15, 0.2) is 54.6 Å². The van der Waals surface area contributed by atoms with Crippen molar-refractivity contribution in [3.05, 3.63) is 71.5 Å². The lowest BCUT2D eigenvalue weighted by molar-refractivity contribution is 0.755. The van der Waals surface area contributed by atoms with E-state index in [1.807, 2.05) is 11.3 Å². The molecule has 0 bridgehead atoms. The van der Waals surface area contributed by atoms with Gasteiger partial charge in [0.05, 0.1) is 4.70 Å². The van der Waals surface area contributed by atoms with Gasteiger partial charge in [-0.2, -0.15) is 0 Å². The van der Waals surface area contributed by atoms with E-state index in [1.165, 1.54) is 37.1 Å². The van der Waals surface area contributed by atoms with Gasteiger partial charge < -0.3 is 4.57 Å². The molecule has 0 fully saturated rings. The minimum absolute atomic E-state index is 0.953. The molecule has 2 heteroatoms. The monoisotopic (exact) mass is 291 g/mol. The van der Waals surface area contributed by atoms with E-state index in [0.29, 0.717) is 0 Å². The van der Waals surface area contributed by atoms with Gasteiger partial charge in [-0.15, -0.1) is 11.3 Å². The highest BCUT2D eigenvalue weighted by Gasteiger charge is 2.16. The molecule has 0 aliphatic carbocycles. The number of rotatable bonds is 2. The summed E-state index contributed by atoms with van der Waals surface area (Å²) in [6, 6.07) is 19.4. The number of hydrogen-bond acceptors (Lipinski definition) is 1. The molecule has 0 unspecified atom stereocenters. The zero-order chi connectivity index (χ0) is 14.4. The minimum Gasteiger partial charge on any atom is -0.343 e. The first kappa shape index (κ1) is 12.7. The maximum absolute atomic E-state index is 2.45. The van der Waals surface area contributed by atoms with Crippen LogP contribution in [0.1, 0.15) is 17.0 Å². The first-order valence-electron chi connectivity index (χ1n) is 7.26. The molecule has 0 radical (unpaired) electrons. The van der Waals surface area contributed by atoms with E-state index in [9.17, 15) is 0 Å². The molecule has 0 saturated carbocycles. The molecule has 0 aliphatic rings. The Bertz CT molecular complexity index is 928. The Kier molecular flexibility index (Phi) is 2.86. The largest absolute Gasteiger partial charge is 0.343 e. The van der Waals surface area contributed by atoms with Gasteiger partial charge in [-0.25, -0.2) is 0 Å². The third-order valence-corrected chi connectivity index (χ3v) is 5.56. The molecular weight excluding hydrogens is 274 g/mol. The van der Waals surface area contributed by atoms with Crippen LogP contribution in [-0.4, -0.2) is 4.57 Å². The topological polar surface area (TPSA) is 4.93 Å². The van der Waals surface area contributed by atoms with Gasteiger partial charge in [-0.1, -0.05) is 48.5 Å². The number of fused-ring (bicyclic) bond motifs is 3. The summed E-state index contributed by atoms with van der Waals surface area (Å²) in [6.07, 6.45) is 0. The van der Waals surface area contributed by atoms with Crippen molar-refractivity contribution in [1.82, 2.24) is 4.57 Å². The van der Waals surface area contributed by atoms with Crippen LogP contribution in [0.5, 0.6) is 0 Å². The zero-order valence-electron chi connectivity index (χ0n) is 12.3. The second kappa shape index (κ2) is 4.74. The molecule has 2 aromatic heterocycles. The Morgan fingerprint density at radius 2 is 1.57 bits per heavy atom. The molecular formula is C19H17NS. The number of aryl methyl sites for hydroxylation is 2. The SMILES string of the molecule is Cc1c2sc3ccccc3c2c(C)n1Cc1ccccc1. The summed E-state index contributed by atoms with van der Waals surface area (Å²) in [6.45, 7) is 5.44. The van der Waals surface area contributed by atoms with Crippen molar-refractivity contribution >= 4 is 31.5 Å². The van der Waals surface area contributed by atoms with Crippen molar-refractivity contribution in [3.8, 4) is 0 Å². The maximum Gasteiger partial charge on any atom is 0.0564 e. The van der Waals surface area contributed by atoms with Gasteiger partial charge in [0, 0.05) is 33.4 Å². The van der Waals surface area contributed by atoms with Gasteiger partial charge in [-0.3, -0.25) is 0 Å². The predicted octanol–water partition coefficient (Wildman–Crippen LogP) is 5.52. The van der Waals surface area contributed by atoms with Crippen LogP contribution >= 0.6 is 11.3 Å². The smallest absolute Gasteiger partial charge is 0.0564 e. The molecule has 104 valence electrons. The van der Waals surface area contributed by atoms with Crippen molar-refractivity contribution in [3.63, 3.8) is 0 Å². The Morgan fingerprint density at radius 3 is 2.38 bits per heavy atom. The molecule has 0 spiro atoms. The zero-order valence-corrected chi connectivity index (χ0v) is 13.1. The molecule has 1 nitrogen and oxygen atoms in total. The van der Waals surface area contributed by atoms with Crippen LogP contribution in [0, 0.1) is 13.8 Å². The Balaban J connectivity index is 1.94. The summed E-state index contributed by atoms with van der Waals surface area (Å²) < 4.78 is 5.27. The first-order valence-corrected chi connectivity index (χ1v) is 8.08. The Labute approximate surface area is 128 Å². The Morgan fingerprint density at radius 1 is 0.857 bits per heavy atom.